The van der Waals surface area contributed by atoms with Crippen LogP contribution in [0.15, 0.2) is 24.3 Å². The molecule has 1 fully saturated rings. The molecule has 0 bridgehead atoms. The maximum Gasteiger partial charge on any atom is 0.0825 e. The molecule has 0 amide bonds. The zero-order valence-electron chi connectivity index (χ0n) is 9.73. The summed E-state index contributed by atoms with van der Waals surface area (Å²) >= 11 is 0. The fraction of sp³-hybridized carbons (Fsp3) is 0.538. The summed E-state index contributed by atoms with van der Waals surface area (Å²) in [5.41, 5.74) is 2.72. The van der Waals surface area contributed by atoms with Gasteiger partial charge in [-0.1, -0.05) is 29.8 Å². The summed E-state index contributed by atoms with van der Waals surface area (Å²) in [7, 11) is 1.79. The molecule has 0 N–H and O–H groups in total. The van der Waals surface area contributed by atoms with Crippen molar-refractivity contribution in [3.63, 3.8) is 0 Å². The van der Waals surface area contributed by atoms with Crippen LogP contribution < -0.4 is 0 Å². The van der Waals surface area contributed by atoms with Crippen LogP contribution in [-0.4, -0.2) is 31.2 Å². The van der Waals surface area contributed by atoms with E-state index in [4.69, 9.17) is 4.74 Å². The molecule has 2 nitrogen and oxygen atoms in total. The van der Waals surface area contributed by atoms with Gasteiger partial charge in [0.1, 0.15) is 0 Å². The number of hydrogen-bond acceptors (Lipinski definition) is 2. The molecule has 2 rings (SSSR count). The van der Waals surface area contributed by atoms with Crippen molar-refractivity contribution in [2.45, 2.75) is 26.0 Å². The van der Waals surface area contributed by atoms with Gasteiger partial charge in [-0.3, -0.25) is 4.90 Å². The number of ether oxygens (including phenoxy) is 1. The molecule has 1 aromatic carbocycles. The van der Waals surface area contributed by atoms with Crippen molar-refractivity contribution in [2.24, 2.45) is 0 Å². The van der Waals surface area contributed by atoms with E-state index in [0.29, 0.717) is 12.1 Å². The highest BCUT2D eigenvalue weighted by Crippen LogP contribution is 2.26. The third kappa shape index (κ3) is 2.21. The van der Waals surface area contributed by atoms with Gasteiger partial charge in [0, 0.05) is 26.2 Å². The van der Waals surface area contributed by atoms with Gasteiger partial charge in [-0.05, 0) is 19.4 Å². The van der Waals surface area contributed by atoms with Crippen molar-refractivity contribution in [2.75, 3.05) is 20.2 Å². The fourth-order valence-electron chi connectivity index (χ4n) is 1.99. The number of benzene rings is 1. The van der Waals surface area contributed by atoms with Crippen molar-refractivity contribution in [1.82, 2.24) is 4.90 Å². The first-order valence-corrected chi connectivity index (χ1v) is 5.54. The van der Waals surface area contributed by atoms with E-state index in [0.717, 1.165) is 13.1 Å². The lowest BCUT2D eigenvalue weighted by atomic mass is 10.0. The van der Waals surface area contributed by atoms with E-state index >= 15 is 0 Å². The molecule has 82 valence electrons. The highest BCUT2D eigenvalue weighted by molar-refractivity contribution is 5.24. The van der Waals surface area contributed by atoms with Crippen LogP contribution in [-0.2, 0) is 4.74 Å². The van der Waals surface area contributed by atoms with Crippen molar-refractivity contribution in [3.8, 4) is 0 Å². The Morgan fingerprint density at radius 1 is 1.27 bits per heavy atom. The second-order valence-electron chi connectivity index (χ2n) is 4.40. The Balaban J connectivity index is 1.97. The van der Waals surface area contributed by atoms with E-state index in [9.17, 15) is 0 Å². The molecule has 0 radical (unpaired) electrons. The van der Waals surface area contributed by atoms with Crippen molar-refractivity contribution in [1.29, 1.82) is 0 Å². The second kappa shape index (κ2) is 4.33. The van der Waals surface area contributed by atoms with Crippen LogP contribution in [0.4, 0.5) is 0 Å². The Labute approximate surface area is 91.9 Å². The topological polar surface area (TPSA) is 12.5 Å². The van der Waals surface area contributed by atoms with Crippen LogP contribution >= 0.6 is 0 Å². The van der Waals surface area contributed by atoms with Gasteiger partial charge in [-0.2, -0.15) is 0 Å². The second-order valence-corrected chi connectivity index (χ2v) is 4.40. The molecule has 1 aliphatic rings. The summed E-state index contributed by atoms with van der Waals surface area (Å²) in [6.07, 6.45) is 0.442. The van der Waals surface area contributed by atoms with Crippen LogP contribution in [0.2, 0.25) is 0 Å². The third-order valence-electron chi connectivity index (χ3n) is 3.32. The van der Waals surface area contributed by atoms with Crippen molar-refractivity contribution in [3.05, 3.63) is 35.4 Å². The SMILES string of the molecule is COC1CN(C(C)c2ccc(C)cc2)C1. The predicted octanol–water partition coefficient (Wildman–Crippen LogP) is 2.39. The van der Waals surface area contributed by atoms with Gasteiger partial charge >= 0.3 is 0 Å². The average Bonchev–Trinajstić information content (AvgIpc) is 2.17. The third-order valence-corrected chi connectivity index (χ3v) is 3.32. The summed E-state index contributed by atoms with van der Waals surface area (Å²) in [6.45, 7) is 6.51. The standard InChI is InChI=1S/C13H19NO/c1-10-4-6-12(7-5-10)11(2)14-8-13(9-14)15-3/h4-7,11,13H,8-9H2,1-3H3. The minimum absolute atomic E-state index is 0.442. The highest BCUT2D eigenvalue weighted by Gasteiger charge is 2.30. The van der Waals surface area contributed by atoms with E-state index in [1.54, 1.807) is 7.11 Å². The lowest BCUT2D eigenvalue weighted by Crippen LogP contribution is -2.52. The molecule has 1 unspecified atom stereocenters. The molecule has 0 aromatic heterocycles. The van der Waals surface area contributed by atoms with Crippen LogP contribution in [0.25, 0.3) is 0 Å². The summed E-state index contributed by atoms with van der Waals surface area (Å²) in [5.74, 6) is 0. The van der Waals surface area contributed by atoms with Crippen molar-refractivity contribution < 1.29 is 4.74 Å². The molecule has 1 aliphatic heterocycles. The molecule has 15 heavy (non-hydrogen) atoms. The molecular formula is C13H19NO. The lowest BCUT2D eigenvalue weighted by molar-refractivity contribution is -0.0479. The van der Waals surface area contributed by atoms with Crippen LogP contribution in [0.5, 0.6) is 0 Å². The van der Waals surface area contributed by atoms with Crippen LogP contribution in [0.1, 0.15) is 24.1 Å². The Morgan fingerprint density at radius 2 is 1.87 bits per heavy atom. The van der Waals surface area contributed by atoms with E-state index in [1.165, 1.54) is 11.1 Å². The molecule has 2 heteroatoms. The Morgan fingerprint density at radius 3 is 2.40 bits per heavy atom. The quantitative estimate of drug-likeness (QED) is 0.751. The van der Waals surface area contributed by atoms with E-state index < -0.39 is 0 Å². The number of hydrogen-bond donors (Lipinski definition) is 0. The van der Waals surface area contributed by atoms with Gasteiger partial charge in [0.15, 0.2) is 0 Å². The van der Waals surface area contributed by atoms with Gasteiger partial charge in [0.25, 0.3) is 0 Å². The number of rotatable bonds is 3. The number of aryl methyl sites for hydroxylation is 1. The van der Waals surface area contributed by atoms with Crippen LogP contribution in [0, 0.1) is 6.92 Å². The fourth-order valence-corrected chi connectivity index (χ4v) is 1.99. The molecule has 0 spiro atoms. The van der Waals surface area contributed by atoms with Gasteiger partial charge in [-0.15, -0.1) is 0 Å². The first-order chi connectivity index (χ1) is 7.20. The summed E-state index contributed by atoms with van der Waals surface area (Å²) in [4.78, 5) is 2.44. The van der Waals surface area contributed by atoms with Gasteiger partial charge in [0.2, 0.25) is 0 Å². The molecule has 1 heterocycles. The van der Waals surface area contributed by atoms with Crippen molar-refractivity contribution >= 4 is 0 Å². The zero-order valence-corrected chi connectivity index (χ0v) is 9.73. The Hall–Kier alpha value is -0.860. The largest absolute Gasteiger partial charge is 0.379 e. The first kappa shape index (κ1) is 10.7. The van der Waals surface area contributed by atoms with E-state index in [1.807, 2.05) is 0 Å². The maximum absolute atomic E-state index is 5.28. The average molecular weight is 205 g/mol. The Kier molecular flexibility index (Phi) is 3.08. The number of likely N-dealkylation sites (tertiary alicyclic amines) is 1. The zero-order chi connectivity index (χ0) is 10.8. The minimum Gasteiger partial charge on any atom is -0.379 e. The number of methoxy groups -OCH3 is 1. The Bertz CT molecular complexity index is 314. The highest BCUT2D eigenvalue weighted by atomic mass is 16.5. The summed E-state index contributed by atoms with van der Waals surface area (Å²) in [6, 6.07) is 9.32. The maximum atomic E-state index is 5.28. The monoisotopic (exact) mass is 205 g/mol. The predicted molar refractivity (Wildman–Crippen MR) is 62.0 cm³/mol. The van der Waals surface area contributed by atoms with Gasteiger partial charge in [0.05, 0.1) is 6.10 Å². The first-order valence-electron chi connectivity index (χ1n) is 5.54. The molecule has 1 aromatic rings. The molecule has 1 saturated heterocycles. The summed E-state index contributed by atoms with van der Waals surface area (Å²) in [5, 5.41) is 0. The summed E-state index contributed by atoms with van der Waals surface area (Å²) < 4.78 is 5.28. The van der Waals surface area contributed by atoms with E-state index in [-0.39, 0.29) is 0 Å². The minimum atomic E-state index is 0.442. The molecular weight excluding hydrogens is 186 g/mol. The van der Waals surface area contributed by atoms with E-state index in [2.05, 4.69) is 43.0 Å². The van der Waals surface area contributed by atoms with Gasteiger partial charge < -0.3 is 4.74 Å². The molecule has 0 saturated carbocycles. The molecule has 1 atom stereocenters. The normalized spacial score (nSPS) is 19.9. The lowest BCUT2D eigenvalue weighted by Gasteiger charge is -2.42. The van der Waals surface area contributed by atoms with Gasteiger partial charge in [-0.25, -0.2) is 0 Å². The van der Waals surface area contributed by atoms with Crippen LogP contribution in [0.3, 0.4) is 0 Å². The number of nitrogens with zero attached hydrogens (tertiary/aromatic N) is 1. The smallest absolute Gasteiger partial charge is 0.0825 e. The molecule has 0 aliphatic carbocycles.